The van der Waals surface area contributed by atoms with Crippen molar-refractivity contribution in [2.24, 2.45) is 0 Å². The highest BCUT2D eigenvalue weighted by atomic mass is 79.9. The quantitative estimate of drug-likeness (QED) is 0.936. The van der Waals surface area contributed by atoms with E-state index in [-0.39, 0.29) is 11.5 Å². The fraction of sp³-hybridized carbons (Fsp3) is 0.0667. The zero-order valence-electron chi connectivity index (χ0n) is 10.7. The Hall–Kier alpha value is -2.14. The summed E-state index contributed by atoms with van der Waals surface area (Å²) in [5.74, 6) is -1.20. The molecule has 0 saturated carbocycles. The molecular formula is C15H12BrNO3. The number of carboxylic acids is 1. The molecule has 102 valence electrons. The zero-order chi connectivity index (χ0) is 14.7. The number of hydrogen-bond acceptors (Lipinski definition) is 2. The van der Waals surface area contributed by atoms with Crippen molar-refractivity contribution < 1.29 is 14.7 Å². The molecule has 2 aromatic carbocycles. The van der Waals surface area contributed by atoms with Crippen LogP contribution < -0.4 is 4.90 Å². The molecule has 2 aromatic rings. The average Bonchev–Trinajstić information content (AvgIpc) is 2.46. The number of carbonyl (C=O) groups excluding carboxylic acids is 1. The molecule has 0 aliphatic rings. The van der Waals surface area contributed by atoms with Gasteiger partial charge in [0, 0.05) is 22.8 Å². The second-order valence-electron chi connectivity index (χ2n) is 4.23. The highest BCUT2D eigenvalue weighted by molar-refractivity contribution is 9.10. The van der Waals surface area contributed by atoms with Gasteiger partial charge in [0.25, 0.3) is 5.91 Å². The predicted octanol–water partition coefficient (Wildman–Crippen LogP) is 3.42. The molecule has 0 heterocycles. The van der Waals surface area contributed by atoms with Crippen LogP contribution in [0.3, 0.4) is 0 Å². The number of aromatic carboxylic acids is 1. The number of amides is 1. The highest BCUT2D eigenvalue weighted by Gasteiger charge is 2.14. The van der Waals surface area contributed by atoms with Crippen LogP contribution >= 0.6 is 15.9 Å². The van der Waals surface area contributed by atoms with Gasteiger partial charge in [0.1, 0.15) is 0 Å². The summed E-state index contributed by atoms with van der Waals surface area (Å²) in [7, 11) is 1.68. The Labute approximate surface area is 124 Å². The number of benzene rings is 2. The summed E-state index contributed by atoms with van der Waals surface area (Å²) in [4.78, 5) is 24.6. The SMILES string of the molecule is CN(C(=O)c1ccc(C(=O)O)cc1)c1cccc(Br)c1. The van der Waals surface area contributed by atoms with Gasteiger partial charge in [-0.3, -0.25) is 4.79 Å². The maximum atomic E-state index is 12.3. The van der Waals surface area contributed by atoms with Gasteiger partial charge in [0.05, 0.1) is 5.56 Å². The summed E-state index contributed by atoms with van der Waals surface area (Å²) in [5.41, 5.74) is 1.36. The lowest BCUT2D eigenvalue weighted by Gasteiger charge is -2.17. The Morgan fingerprint density at radius 1 is 1.05 bits per heavy atom. The third-order valence-electron chi connectivity index (χ3n) is 2.88. The zero-order valence-corrected chi connectivity index (χ0v) is 12.3. The van der Waals surface area contributed by atoms with Crippen LogP contribution in [0.25, 0.3) is 0 Å². The number of nitrogens with zero attached hydrogens (tertiary/aromatic N) is 1. The Morgan fingerprint density at radius 3 is 2.20 bits per heavy atom. The number of carbonyl (C=O) groups is 2. The summed E-state index contributed by atoms with van der Waals surface area (Å²) < 4.78 is 0.885. The van der Waals surface area contributed by atoms with E-state index < -0.39 is 5.97 Å². The van der Waals surface area contributed by atoms with Gasteiger partial charge in [-0.2, -0.15) is 0 Å². The van der Waals surface area contributed by atoms with E-state index in [9.17, 15) is 9.59 Å². The van der Waals surface area contributed by atoms with Crippen LogP contribution in [0.1, 0.15) is 20.7 Å². The number of rotatable bonds is 3. The first-order valence-corrected chi connectivity index (χ1v) is 6.65. The van der Waals surface area contributed by atoms with Gasteiger partial charge in [0.15, 0.2) is 0 Å². The summed E-state index contributed by atoms with van der Waals surface area (Å²) in [6.45, 7) is 0. The fourth-order valence-electron chi connectivity index (χ4n) is 1.75. The van der Waals surface area contributed by atoms with E-state index in [1.54, 1.807) is 7.05 Å². The van der Waals surface area contributed by atoms with Crippen LogP contribution in [0, 0.1) is 0 Å². The van der Waals surface area contributed by atoms with E-state index in [4.69, 9.17) is 5.11 Å². The number of anilines is 1. The molecule has 1 N–H and O–H groups in total. The largest absolute Gasteiger partial charge is 0.478 e. The van der Waals surface area contributed by atoms with Crippen molar-refractivity contribution in [3.63, 3.8) is 0 Å². The van der Waals surface area contributed by atoms with Crippen LogP contribution in [0.5, 0.6) is 0 Å². The van der Waals surface area contributed by atoms with Crippen molar-refractivity contribution in [2.75, 3.05) is 11.9 Å². The van der Waals surface area contributed by atoms with Gasteiger partial charge in [0.2, 0.25) is 0 Å². The maximum absolute atomic E-state index is 12.3. The van der Waals surface area contributed by atoms with Crippen molar-refractivity contribution in [2.45, 2.75) is 0 Å². The van der Waals surface area contributed by atoms with Gasteiger partial charge in [-0.05, 0) is 42.5 Å². The van der Waals surface area contributed by atoms with E-state index >= 15 is 0 Å². The average molecular weight is 334 g/mol. The smallest absolute Gasteiger partial charge is 0.335 e. The number of hydrogen-bond donors (Lipinski definition) is 1. The first-order chi connectivity index (χ1) is 9.49. The van der Waals surface area contributed by atoms with Gasteiger partial charge >= 0.3 is 5.97 Å². The Morgan fingerprint density at radius 2 is 1.65 bits per heavy atom. The molecule has 0 fully saturated rings. The van der Waals surface area contributed by atoms with Crippen molar-refractivity contribution in [3.05, 3.63) is 64.1 Å². The van der Waals surface area contributed by atoms with Crippen LogP contribution in [0.2, 0.25) is 0 Å². The molecule has 0 radical (unpaired) electrons. The molecule has 0 bridgehead atoms. The van der Waals surface area contributed by atoms with Gasteiger partial charge in [-0.15, -0.1) is 0 Å². The van der Waals surface area contributed by atoms with Crippen molar-refractivity contribution in [1.82, 2.24) is 0 Å². The van der Waals surface area contributed by atoms with Crippen LogP contribution in [-0.4, -0.2) is 24.0 Å². The lowest BCUT2D eigenvalue weighted by molar-refractivity contribution is 0.0696. The molecule has 0 saturated heterocycles. The number of carboxylic acid groups (broad SMARTS) is 1. The molecule has 0 aliphatic carbocycles. The molecule has 1 amide bonds. The van der Waals surface area contributed by atoms with E-state index in [1.165, 1.54) is 29.2 Å². The van der Waals surface area contributed by atoms with Crippen molar-refractivity contribution >= 4 is 33.5 Å². The standard InChI is InChI=1S/C15H12BrNO3/c1-17(13-4-2-3-12(16)9-13)14(18)10-5-7-11(8-6-10)15(19)20/h2-9H,1H3,(H,19,20). The monoisotopic (exact) mass is 333 g/mol. The van der Waals surface area contributed by atoms with Crippen LogP contribution in [-0.2, 0) is 0 Å². The summed E-state index contributed by atoms with van der Waals surface area (Å²) >= 11 is 3.36. The van der Waals surface area contributed by atoms with Gasteiger partial charge < -0.3 is 10.0 Å². The molecule has 2 rings (SSSR count). The minimum atomic E-state index is -1.01. The number of halogens is 1. The minimum Gasteiger partial charge on any atom is -0.478 e. The van der Waals surface area contributed by atoms with Crippen LogP contribution in [0.4, 0.5) is 5.69 Å². The maximum Gasteiger partial charge on any atom is 0.335 e. The van der Waals surface area contributed by atoms with E-state index in [0.717, 1.165) is 10.2 Å². The van der Waals surface area contributed by atoms with E-state index in [2.05, 4.69) is 15.9 Å². The summed E-state index contributed by atoms with van der Waals surface area (Å²) in [6.07, 6.45) is 0. The molecule has 0 unspecified atom stereocenters. The topological polar surface area (TPSA) is 57.6 Å². The van der Waals surface area contributed by atoms with Crippen molar-refractivity contribution in [1.29, 1.82) is 0 Å². The first-order valence-electron chi connectivity index (χ1n) is 5.86. The minimum absolute atomic E-state index is 0.159. The second kappa shape index (κ2) is 5.88. The normalized spacial score (nSPS) is 10.1. The molecule has 0 spiro atoms. The third-order valence-corrected chi connectivity index (χ3v) is 3.37. The van der Waals surface area contributed by atoms with Gasteiger partial charge in [-0.1, -0.05) is 22.0 Å². The molecule has 20 heavy (non-hydrogen) atoms. The van der Waals surface area contributed by atoms with E-state index in [0.29, 0.717) is 5.56 Å². The molecule has 0 atom stereocenters. The fourth-order valence-corrected chi connectivity index (χ4v) is 2.14. The lowest BCUT2D eigenvalue weighted by atomic mass is 10.1. The predicted molar refractivity (Wildman–Crippen MR) is 80.3 cm³/mol. The molecule has 4 nitrogen and oxygen atoms in total. The Balaban J connectivity index is 2.24. The Kier molecular flexibility index (Phi) is 4.20. The highest BCUT2D eigenvalue weighted by Crippen LogP contribution is 2.20. The molecule has 0 aromatic heterocycles. The summed E-state index contributed by atoms with van der Waals surface area (Å²) in [5, 5.41) is 8.83. The van der Waals surface area contributed by atoms with Crippen molar-refractivity contribution in [3.8, 4) is 0 Å². The second-order valence-corrected chi connectivity index (χ2v) is 5.14. The first kappa shape index (κ1) is 14.3. The summed E-state index contributed by atoms with van der Waals surface area (Å²) in [6, 6.07) is 13.3. The third kappa shape index (κ3) is 3.05. The Bertz CT molecular complexity index is 652. The van der Waals surface area contributed by atoms with Crippen LogP contribution in [0.15, 0.2) is 53.0 Å². The lowest BCUT2D eigenvalue weighted by Crippen LogP contribution is -2.26. The molecule has 0 aliphatic heterocycles. The van der Waals surface area contributed by atoms with Gasteiger partial charge in [-0.25, -0.2) is 4.79 Å². The molecule has 5 heteroatoms. The molecular weight excluding hydrogens is 322 g/mol. The van der Waals surface area contributed by atoms with E-state index in [1.807, 2.05) is 24.3 Å².